The zero-order valence-electron chi connectivity index (χ0n) is 14.1. The van der Waals surface area contributed by atoms with Gasteiger partial charge in [-0.1, -0.05) is 24.3 Å². The van der Waals surface area contributed by atoms with Crippen LogP contribution in [-0.2, 0) is 11.3 Å². The van der Waals surface area contributed by atoms with Gasteiger partial charge in [0.25, 0.3) is 0 Å². The van der Waals surface area contributed by atoms with E-state index >= 15 is 0 Å². The van der Waals surface area contributed by atoms with Crippen molar-refractivity contribution in [1.29, 1.82) is 0 Å². The molecular formula is C19H21N3OS. The van der Waals surface area contributed by atoms with Crippen molar-refractivity contribution < 1.29 is 4.74 Å². The maximum atomic E-state index is 5.47. The van der Waals surface area contributed by atoms with Crippen molar-refractivity contribution in [3.63, 3.8) is 0 Å². The van der Waals surface area contributed by atoms with E-state index < -0.39 is 0 Å². The molecule has 124 valence electrons. The highest BCUT2D eigenvalue weighted by molar-refractivity contribution is 7.18. The first-order valence-electron chi connectivity index (χ1n) is 8.33. The monoisotopic (exact) mass is 339 g/mol. The quantitative estimate of drug-likeness (QED) is 0.727. The average molecular weight is 339 g/mol. The van der Waals surface area contributed by atoms with E-state index in [1.165, 1.54) is 27.0 Å². The van der Waals surface area contributed by atoms with Gasteiger partial charge in [0.1, 0.15) is 11.2 Å². The van der Waals surface area contributed by atoms with Crippen LogP contribution in [0.3, 0.4) is 0 Å². The number of nitrogens with zero attached hydrogens (tertiary/aromatic N) is 3. The molecule has 1 fully saturated rings. The van der Waals surface area contributed by atoms with Crippen LogP contribution in [0.4, 0.5) is 0 Å². The van der Waals surface area contributed by atoms with Gasteiger partial charge in [-0.3, -0.25) is 4.90 Å². The molecule has 0 atom stereocenters. The fourth-order valence-corrected chi connectivity index (χ4v) is 4.27. The largest absolute Gasteiger partial charge is 0.379 e. The van der Waals surface area contributed by atoms with Crippen LogP contribution in [0.1, 0.15) is 16.0 Å². The van der Waals surface area contributed by atoms with Crippen molar-refractivity contribution in [2.24, 2.45) is 0 Å². The van der Waals surface area contributed by atoms with Crippen LogP contribution in [0.15, 0.2) is 30.6 Å². The Kier molecular flexibility index (Phi) is 4.31. The van der Waals surface area contributed by atoms with Crippen LogP contribution < -0.4 is 0 Å². The summed E-state index contributed by atoms with van der Waals surface area (Å²) in [7, 11) is 0. The number of fused-ring (bicyclic) bond motifs is 1. The Bertz CT molecular complexity index is 868. The minimum atomic E-state index is 0.822. The standard InChI is InChI=1S/C19H21N3OS/c1-13-14(2)24-19-17(13)18(20-12-21-19)16-6-4-3-5-15(16)11-22-7-9-23-10-8-22/h3-6,12H,7-11H2,1-2H3. The van der Waals surface area contributed by atoms with Crippen molar-refractivity contribution in [1.82, 2.24) is 14.9 Å². The summed E-state index contributed by atoms with van der Waals surface area (Å²) >= 11 is 1.75. The summed E-state index contributed by atoms with van der Waals surface area (Å²) in [6.07, 6.45) is 1.69. The lowest BCUT2D eigenvalue weighted by Gasteiger charge is -2.27. The molecule has 0 N–H and O–H groups in total. The van der Waals surface area contributed by atoms with Crippen LogP contribution in [-0.4, -0.2) is 41.2 Å². The summed E-state index contributed by atoms with van der Waals surface area (Å²) in [5.41, 5.74) is 4.90. The second-order valence-corrected chi connectivity index (χ2v) is 7.43. The Hall–Kier alpha value is -1.82. The van der Waals surface area contributed by atoms with Crippen LogP contribution in [0.5, 0.6) is 0 Å². The van der Waals surface area contributed by atoms with Crippen molar-refractivity contribution >= 4 is 21.6 Å². The highest BCUT2D eigenvalue weighted by atomic mass is 32.1. The molecule has 24 heavy (non-hydrogen) atoms. The van der Waals surface area contributed by atoms with Crippen molar-refractivity contribution in [3.8, 4) is 11.3 Å². The van der Waals surface area contributed by atoms with Crippen molar-refractivity contribution in [3.05, 3.63) is 46.6 Å². The Morgan fingerprint density at radius 3 is 2.75 bits per heavy atom. The molecule has 0 bridgehead atoms. The van der Waals surface area contributed by atoms with Crippen LogP contribution in [0, 0.1) is 13.8 Å². The van der Waals surface area contributed by atoms with Gasteiger partial charge in [0.05, 0.1) is 18.9 Å². The van der Waals surface area contributed by atoms with Crippen LogP contribution >= 0.6 is 11.3 Å². The molecule has 0 radical (unpaired) electrons. The third kappa shape index (κ3) is 2.83. The number of ether oxygens (including phenoxy) is 1. The Morgan fingerprint density at radius 2 is 1.92 bits per heavy atom. The smallest absolute Gasteiger partial charge is 0.127 e. The van der Waals surface area contributed by atoms with E-state index in [-0.39, 0.29) is 0 Å². The SMILES string of the molecule is Cc1sc2ncnc(-c3ccccc3CN3CCOCC3)c2c1C. The topological polar surface area (TPSA) is 38.2 Å². The predicted octanol–water partition coefficient (Wildman–Crippen LogP) is 3.81. The highest BCUT2D eigenvalue weighted by Gasteiger charge is 2.17. The molecule has 3 aromatic rings. The van der Waals surface area contributed by atoms with Gasteiger partial charge in [0.15, 0.2) is 0 Å². The van der Waals surface area contributed by atoms with Gasteiger partial charge in [-0.05, 0) is 25.0 Å². The van der Waals surface area contributed by atoms with Crippen molar-refractivity contribution in [2.45, 2.75) is 20.4 Å². The summed E-state index contributed by atoms with van der Waals surface area (Å²) in [6.45, 7) is 8.89. The first kappa shape index (κ1) is 15.7. The summed E-state index contributed by atoms with van der Waals surface area (Å²) in [4.78, 5) is 14.0. The van der Waals surface area contributed by atoms with E-state index in [0.29, 0.717) is 0 Å². The van der Waals surface area contributed by atoms with E-state index in [1.807, 2.05) is 0 Å². The zero-order valence-corrected chi connectivity index (χ0v) is 14.9. The molecule has 4 rings (SSSR count). The number of thiophene rings is 1. The number of aromatic nitrogens is 2. The molecule has 0 saturated carbocycles. The molecule has 4 nitrogen and oxygen atoms in total. The fourth-order valence-electron chi connectivity index (χ4n) is 3.28. The van der Waals surface area contributed by atoms with Crippen molar-refractivity contribution in [2.75, 3.05) is 26.3 Å². The summed E-state index contributed by atoms with van der Waals surface area (Å²) in [5.74, 6) is 0. The van der Waals surface area contributed by atoms with E-state index in [9.17, 15) is 0 Å². The molecule has 3 heterocycles. The van der Waals surface area contributed by atoms with Crippen LogP contribution in [0.25, 0.3) is 21.5 Å². The Morgan fingerprint density at radius 1 is 1.12 bits per heavy atom. The lowest BCUT2D eigenvalue weighted by atomic mass is 10.00. The molecule has 1 aliphatic heterocycles. The van der Waals surface area contributed by atoms with Gasteiger partial charge < -0.3 is 4.74 Å². The number of hydrogen-bond donors (Lipinski definition) is 0. The Labute approximate surface area is 146 Å². The fraction of sp³-hybridized carbons (Fsp3) is 0.368. The first-order chi connectivity index (χ1) is 11.7. The number of rotatable bonds is 3. The third-order valence-corrected chi connectivity index (χ3v) is 5.85. The second-order valence-electron chi connectivity index (χ2n) is 6.23. The minimum absolute atomic E-state index is 0.822. The molecule has 0 aliphatic carbocycles. The zero-order chi connectivity index (χ0) is 16.5. The second kappa shape index (κ2) is 6.59. The lowest BCUT2D eigenvalue weighted by molar-refractivity contribution is 0.0342. The van der Waals surface area contributed by atoms with Gasteiger partial charge in [0, 0.05) is 35.5 Å². The summed E-state index contributed by atoms with van der Waals surface area (Å²) in [6, 6.07) is 8.61. The van der Waals surface area contributed by atoms with Gasteiger partial charge in [-0.15, -0.1) is 11.3 Å². The third-order valence-electron chi connectivity index (χ3n) is 4.74. The number of aryl methyl sites for hydroxylation is 2. The summed E-state index contributed by atoms with van der Waals surface area (Å²) in [5, 5.41) is 1.20. The summed E-state index contributed by atoms with van der Waals surface area (Å²) < 4.78 is 5.47. The van der Waals surface area contributed by atoms with E-state index in [1.54, 1.807) is 17.7 Å². The van der Waals surface area contributed by atoms with Crippen LogP contribution in [0.2, 0.25) is 0 Å². The molecule has 0 amide bonds. The molecular weight excluding hydrogens is 318 g/mol. The van der Waals surface area contributed by atoms with Gasteiger partial charge in [0.2, 0.25) is 0 Å². The molecule has 5 heteroatoms. The predicted molar refractivity (Wildman–Crippen MR) is 98.4 cm³/mol. The Balaban J connectivity index is 1.80. The molecule has 0 spiro atoms. The van der Waals surface area contributed by atoms with Gasteiger partial charge in [-0.2, -0.15) is 0 Å². The number of benzene rings is 1. The molecule has 2 aromatic heterocycles. The maximum Gasteiger partial charge on any atom is 0.127 e. The van der Waals surface area contributed by atoms with Gasteiger partial charge in [-0.25, -0.2) is 9.97 Å². The molecule has 1 aromatic carbocycles. The maximum absolute atomic E-state index is 5.47. The average Bonchev–Trinajstić information content (AvgIpc) is 2.91. The van der Waals surface area contributed by atoms with Gasteiger partial charge >= 0.3 is 0 Å². The minimum Gasteiger partial charge on any atom is -0.379 e. The number of hydrogen-bond acceptors (Lipinski definition) is 5. The van der Waals surface area contributed by atoms with E-state index in [2.05, 4.69) is 53.0 Å². The molecule has 1 saturated heterocycles. The lowest BCUT2D eigenvalue weighted by Crippen LogP contribution is -2.35. The van der Waals surface area contributed by atoms with E-state index in [0.717, 1.165) is 43.4 Å². The molecule has 1 aliphatic rings. The number of morpholine rings is 1. The first-order valence-corrected chi connectivity index (χ1v) is 9.15. The highest BCUT2D eigenvalue weighted by Crippen LogP contribution is 2.36. The van der Waals surface area contributed by atoms with E-state index in [4.69, 9.17) is 4.74 Å². The molecule has 0 unspecified atom stereocenters. The normalized spacial score (nSPS) is 15.9.